The van der Waals surface area contributed by atoms with Crippen LogP contribution in [-0.2, 0) is 6.42 Å². The predicted molar refractivity (Wildman–Crippen MR) is 142 cm³/mol. The van der Waals surface area contributed by atoms with Crippen molar-refractivity contribution in [2.45, 2.75) is 26.4 Å². The number of para-hydroxylation sites is 2. The minimum Gasteiger partial charge on any atom is -0.493 e. The molecular weight excluding hydrogens is 537 g/mol. The summed E-state index contributed by atoms with van der Waals surface area (Å²) in [5, 5.41) is 6.62. The number of halogens is 1. The van der Waals surface area contributed by atoms with Crippen LogP contribution in [0.1, 0.15) is 19.4 Å². The van der Waals surface area contributed by atoms with Gasteiger partial charge in [-0.15, -0.1) is 24.0 Å². The quantitative estimate of drug-likeness (QED) is 0.227. The first-order valence-electron chi connectivity index (χ1n) is 10.7. The molecule has 1 atom stereocenters. The van der Waals surface area contributed by atoms with Gasteiger partial charge in [0, 0.05) is 18.7 Å². The Kier molecular flexibility index (Phi) is 13.2. The van der Waals surface area contributed by atoms with Gasteiger partial charge in [-0.3, -0.25) is 0 Å². The smallest absolute Gasteiger partial charge is 0.203 e. The van der Waals surface area contributed by atoms with Crippen molar-refractivity contribution in [3.05, 3.63) is 42.0 Å². The predicted octanol–water partition coefficient (Wildman–Crippen LogP) is 3.90. The van der Waals surface area contributed by atoms with Crippen molar-refractivity contribution in [2.24, 2.45) is 4.99 Å². The van der Waals surface area contributed by atoms with Crippen molar-refractivity contribution in [3.63, 3.8) is 0 Å². The highest BCUT2D eigenvalue weighted by molar-refractivity contribution is 14.0. The molecule has 0 bridgehead atoms. The molecule has 0 aliphatic carbocycles. The van der Waals surface area contributed by atoms with Crippen LogP contribution in [0.3, 0.4) is 0 Å². The fraction of sp³-hybridized carbons (Fsp3) is 0.458. The first-order chi connectivity index (χ1) is 15.6. The summed E-state index contributed by atoms with van der Waals surface area (Å²) in [6.45, 7) is 5.93. The van der Waals surface area contributed by atoms with Crippen molar-refractivity contribution in [2.75, 3.05) is 48.1 Å². The van der Waals surface area contributed by atoms with Gasteiger partial charge in [0.15, 0.2) is 29.0 Å². The Morgan fingerprint density at radius 2 is 1.52 bits per heavy atom. The van der Waals surface area contributed by atoms with Gasteiger partial charge in [-0.25, -0.2) is 4.99 Å². The number of methoxy groups -OCH3 is 4. The van der Waals surface area contributed by atoms with Gasteiger partial charge in [0.25, 0.3) is 0 Å². The summed E-state index contributed by atoms with van der Waals surface area (Å²) in [5.41, 5.74) is 1.02. The number of rotatable bonds is 12. The highest BCUT2D eigenvalue weighted by atomic mass is 127. The SMILES string of the molecule is CCNC(=NCC(C)Oc1ccccc1OC)NCCc1ccc(OC)c(OC)c1OC.I. The van der Waals surface area contributed by atoms with Crippen molar-refractivity contribution in [3.8, 4) is 28.7 Å². The van der Waals surface area contributed by atoms with Crippen molar-refractivity contribution < 1.29 is 23.7 Å². The largest absolute Gasteiger partial charge is 0.493 e. The second-order valence-electron chi connectivity index (χ2n) is 6.97. The Balaban J connectivity index is 0.00000544. The van der Waals surface area contributed by atoms with E-state index in [0.717, 1.165) is 24.5 Å². The maximum absolute atomic E-state index is 5.99. The molecule has 33 heavy (non-hydrogen) atoms. The molecule has 1 unspecified atom stereocenters. The zero-order chi connectivity index (χ0) is 23.3. The van der Waals surface area contributed by atoms with E-state index >= 15 is 0 Å². The number of aliphatic imine (C=N–C) groups is 1. The average Bonchev–Trinajstić information content (AvgIpc) is 2.82. The summed E-state index contributed by atoms with van der Waals surface area (Å²) in [6.07, 6.45) is 0.606. The molecule has 2 aromatic carbocycles. The van der Waals surface area contributed by atoms with Gasteiger partial charge in [-0.2, -0.15) is 0 Å². The van der Waals surface area contributed by atoms with Gasteiger partial charge >= 0.3 is 0 Å². The third-order valence-corrected chi connectivity index (χ3v) is 4.72. The van der Waals surface area contributed by atoms with Gasteiger partial charge < -0.3 is 34.3 Å². The maximum Gasteiger partial charge on any atom is 0.203 e. The number of hydrogen-bond donors (Lipinski definition) is 2. The first-order valence-corrected chi connectivity index (χ1v) is 10.7. The zero-order valence-corrected chi connectivity index (χ0v) is 22.6. The van der Waals surface area contributed by atoms with Gasteiger partial charge in [-0.05, 0) is 38.5 Å². The highest BCUT2D eigenvalue weighted by Crippen LogP contribution is 2.39. The second-order valence-corrected chi connectivity index (χ2v) is 6.97. The van der Waals surface area contributed by atoms with Crippen LogP contribution in [-0.4, -0.2) is 60.1 Å². The topological polar surface area (TPSA) is 82.6 Å². The van der Waals surface area contributed by atoms with Crippen LogP contribution in [0.5, 0.6) is 28.7 Å². The van der Waals surface area contributed by atoms with Crippen LogP contribution in [0.25, 0.3) is 0 Å². The Morgan fingerprint density at radius 3 is 2.12 bits per heavy atom. The van der Waals surface area contributed by atoms with Crippen molar-refractivity contribution in [1.82, 2.24) is 10.6 Å². The van der Waals surface area contributed by atoms with Gasteiger partial charge in [0.1, 0.15) is 6.10 Å². The number of nitrogens with zero attached hydrogens (tertiary/aromatic N) is 1. The minimum atomic E-state index is -0.118. The van der Waals surface area contributed by atoms with Crippen LogP contribution < -0.4 is 34.3 Å². The summed E-state index contributed by atoms with van der Waals surface area (Å²) in [7, 11) is 6.47. The molecule has 0 saturated carbocycles. The van der Waals surface area contributed by atoms with Crippen molar-refractivity contribution >= 4 is 29.9 Å². The van der Waals surface area contributed by atoms with E-state index in [1.54, 1.807) is 28.4 Å². The van der Waals surface area contributed by atoms with Crippen LogP contribution in [0.15, 0.2) is 41.4 Å². The Labute approximate surface area is 214 Å². The molecule has 2 aromatic rings. The summed E-state index contributed by atoms with van der Waals surface area (Å²) in [5.74, 6) is 4.04. The molecule has 0 spiro atoms. The zero-order valence-electron chi connectivity index (χ0n) is 20.3. The van der Waals surface area contributed by atoms with E-state index in [2.05, 4.69) is 15.6 Å². The first kappa shape index (κ1) is 28.5. The number of ether oxygens (including phenoxy) is 5. The molecule has 0 aliphatic heterocycles. The van der Waals surface area contributed by atoms with Crippen molar-refractivity contribution in [1.29, 1.82) is 0 Å². The Bertz CT molecular complexity index is 879. The molecule has 0 radical (unpaired) electrons. The van der Waals surface area contributed by atoms with Gasteiger partial charge in [0.05, 0.1) is 35.0 Å². The van der Waals surface area contributed by atoms with Crippen LogP contribution in [0.2, 0.25) is 0 Å². The normalized spacial score (nSPS) is 11.6. The number of guanidine groups is 1. The molecule has 184 valence electrons. The summed E-state index contributed by atoms with van der Waals surface area (Å²) < 4.78 is 27.7. The van der Waals surface area contributed by atoms with E-state index in [9.17, 15) is 0 Å². The number of benzene rings is 2. The highest BCUT2D eigenvalue weighted by Gasteiger charge is 2.15. The molecule has 0 amide bonds. The fourth-order valence-electron chi connectivity index (χ4n) is 3.21. The molecule has 0 aromatic heterocycles. The standard InChI is InChI=1S/C24H35N3O5.HI/c1-7-25-24(27-16-17(2)32-20-11-9-8-10-19(20)28-3)26-15-14-18-12-13-21(29-4)23(31-6)22(18)30-5;/h8-13,17H,7,14-16H2,1-6H3,(H2,25,26,27);1H. The van der Waals surface area contributed by atoms with E-state index in [0.29, 0.717) is 41.8 Å². The van der Waals surface area contributed by atoms with E-state index in [1.165, 1.54) is 0 Å². The third-order valence-electron chi connectivity index (χ3n) is 4.72. The second kappa shape index (κ2) is 15.3. The lowest BCUT2D eigenvalue weighted by Gasteiger charge is -2.18. The monoisotopic (exact) mass is 573 g/mol. The molecule has 0 heterocycles. The summed E-state index contributed by atoms with van der Waals surface area (Å²) in [6, 6.07) is 11.5. The maximum atomic E-state index is 5.99. The Hall–Kier alpha value is -2.56. The average molecular weight is 573 g/mol. The molecular formula is C24H36IN3O5. The lowest BCUT2D eigenvalue weighted by Crippen LogP contribution is -2.39. The van der Waals surface area contributed by atoms with E-state index in [4.69, 9.17) is 23.7 Å². The lowest BCUT2D eigenvalue weighted by molar-refractivity contribution is 0.219. The Morgan fingerprint density at radius 1 is 0.848 bits per heavy atom. The summed E-state index contributed by atoms with van der Waals surface area (Å²) in [4.78, 5) is 4.65. The molecule has 2 N–H and O–H groups in total. The number of nitrogens with one attached hydrogen (secondary N) is 2. The minimum absolute atomic E-state index is 0. The molecule has 0 aliphatic rings. The van der Waals surface area contributed by atoms with Gasteiger partial charge in [0.2, 0.25) is 5.75 Å². The molecule has 2 rings (SSSR count). The van der Waals surface area contributed by atoms with E-state index in [1.807, 2.05) is 50.2 Å². The lowest BCUT2D eigenvalue weighted by atomic mass is 10.1. The fourth-order valence-corrected chi connectivity index (χ4v) is 3.21. The molecule has 8 nitrogen and oxygen atoms in total. The molecule has 9 heteroatoms. The third kappa shape index (κ3) is 8.38. The van der Waals surface area contributed by atoms with E-state index in [-0.39, 0.29) is 30.1 Å². The van der Waals surface area contributed by atoms with Gasteiger partial charge in [-0.1, -0.05) is 18.2 Å². The van der Waals surface area contributed by atoms with Crippen LogP contribution >= 0.6 is 24.0 Å². The molecule has 0 saturated heterocycles. The van der Waals surface area contributed by atoms with Crippen LogP contribution in [0.4, 0.5) is 0 Å². The summed E-state index contributed by atoms with van der Waals surface area (Å²) >= 11 is 0. The number of hydrogen-bond acceptors (Lipinski definition) is 6. The van der Waals surface area contributed by atoms with Crippen LogP contribution in [0, 0.1) is 0 Å². The van der Waals surface area contributed by atoms with E-state index < -0.39 is 0 Å². The molecule has 0 fully saturated rings.